The van der Waals surface area contributed by atoms with Gasteiger partial charge in [-0.05, 0) is 37.8 Å². The zero-order valence-electron chi connectivity index (χ0n) is 13.5. The van der Waals surface area contributed by atoms with Gasteiger partial charge in [0.2, 0.25) is 0 Å². The first kappa shape index (κ1) is 19.4. The highest BCUT2D eigenvalue weighted by Crippen LogP contribution is 2.43. The van der Waals surface area contributed by atoms with Gasteiger partial charge < -0.3 is 0 Å². The molecule has 1 aromatic rings. The molecule has 3 rings (SSSR count). The first-order chi connectivity index (χ1) is 12.0. The SMILES string of the molecule is O=C(c1c(C(F)(F)F)cccc1C(F)(F)F)C1CC2CCCC(C1)S2=O. The Morgan fingerprint density at radius 3 is 1.81 bits per heavy atom. The van der Waals surface area contributed by atoms with Crippen molar-refractivity contribution in [3.63, 3.8) is 0 Å². The molecule has 0 saturated carbocycles. The zero-order valence-corrected chi connectivity index (χ0v) is 14.3. The molecule has 0 aliphatic carbocycles. The second kappa shape index (κ2) is 6.65. The molecule has 2 fully saturated rings. The van der Waals surface area contributed by atoms with Crippen LogP contribution in [0.15, 0.2) is 18.2 Å². The van der Waals surface area contributed by atoms with Crippen molar-refractivity contribution >= 4 is 16.6 Å². The third kappa shape index (κ3) is 3.54. The Kier molecular flexibility index (Phi) is 4.96. The van der Waals surface area contributed by atoms with Crippen molar-refractivity contribution in [2.75, 3.05) is 0 Å². The molecular formula is C17H16F6O2S. The summed E-state index contributed by atoms with van der Waals surface area (Å²) >= 11 is 0. The van der Waals surface area contributed by atoms with Gasteiger partial charge in [-0.3, -0.25) is 9.00 Å². The number of hydrogen-bond donors (Lipinski definition) is 0. The highest BCUT2D eigenvalue weighted by atomic mass is 32.2. The van der Waals surface area contributed by atoms with Crippen molar-refractivity contribution in [1.82, 2.24) is 0 Å². The summed E-state index contributed by atoms with van der Waals surface area (Å²) in [5.41, 5.74) is -4.42. The quantitative estimate of drug-likeness (QED) is 0.520. The smallest absolute Gasteiger partial charge is 0.294 e. The number of carbonyl (C=O) groups excluding carboxylic acids is 1. The zero-order chi connectivity index (χ0) is 19.3. The molecule has 2 nitrogen and oxygen atoms in total. The van der Waals surface area contributed by atoms with E-state index in [0.717, 1.165) is 6.42 Å². The van der Waals surface area contributed by atoms with Crippen LogP contribution >= 0.6 is 0 Å². The lowest BCUT2D eigenvalue weighted by atomic mass is 9.81. The summed E-state index contributed by atoms with van der Waals surface area (Å²) in [6, 6.07) is 1.67. The summed E-state index contributed by atoms with van der Waals surface area (Å²) in [5, 5.41) is -0.660. The van der Waals surface area contributed by atoms with Gasteiger partial charge in [0.15, 0.2) is 5.78 Å². The third-order valence-corrected chi connectivity index (χ3v) is 7.27. The standard InChI is InChI=1S/C17H16F6O2S/c18-16(19,20)12-5-2-6-13(17(21,22)23)14(12)15(24)9-7-10-3-1-4-11(8-9)26(10)25/h2,5-6,9-11H,1,3-4,7-8H2. The molecule has 0 N–H and O–H groups in total. The van der Waals surface area contributed by atoms with Crippen LogP contribution in [0.5, 0.6) is 0 Å². The summed E-state index contributed by atoms with van der Waals surface area (Å²) in [5.74, 6) is -2.11. The fraction of sp³-hybridized carbons (Fsp3) is 0.588. The lowest BCUT2D eigenvalue weighted by Gasteiger charge is -2.38. The van der Waals surface area contributed by atoms with E-state index in [9.17, 15) is 35.3 Å². The Labute approximate surface area is 148 Å². The molecular weight excluding hydrogens is 382 g/mol. The fourth-order valence-corrected chi connectivity index (χ4v) is 6.13. The molecule has 0 aromatic heterocycles. The van der Waals surface area contributed by atoms with Gasteiger partial charge in [0.1, 0.15) is 0 Å². The maximum absolute atomic E-state index is 13.3. The van der Waals surface area contributed by atoms with E-state index in [1.807, 2.05) is 0 Å². The molecule has 1 aromatic carbocycles. The number of ketones is 1. The maximum atomic E-state index is 13.3. The summed E-state index contributed by atoms with van der Waals surface area (Å²) in [6.07, 6.45) is -8.01. The van der Waals surface area contributed by atoms with Gasteiger partial charge in [0.05, 0.1) is 11.1 Å². The van der Waals surface area contributed by atoms with Gasteiger partial charge >= 0.3 is 12.4 Å². The van der Waals surface area contributed by atoms with Crippen LogP contribution in [0.3, 0.4) is 0 Å². The van der Waals surface area contributed by atoms with Crippen molar-refractivity contribution in [1.29, 1.82) is 0 Å². The average molecular weight is 398 g/mol. The van der Waals surface area contributed by atoms with E-state index in [2.05, 4.69) is 0 Å². The average Bonchev–Trinajstić information content (AvgIpc) is 2.51. The van der Waals surface area contributed by atoms with Gasteiger partial charge in [0, 0.05) is 32.8 Å². The van der Waals surface area contributed by atoms with Crippen molar-refractivity contribution in [2.45, 2.75) is 55.0 Å². The molecule has 2 bridgehead atoms. The molecule has 9 heteroatoms. The molecule has 2 aliphatic rings. The largest absolute Gasteiger partial charge is 0.417 e. The molecule has 2 saturated heterocycles. The van der Waals surface area contributed by atoms with Gasteiger partial charge in [-0.25, -0.2) is 0 Å². The van der Waals surface area contributed by atoms with Gasteiger partial charge in [-0.2, -0.15) is 26.3 Å². The number of benzene rings is 1. The van der Waals surface area contributed by atoms with Crippen LogP contribution in [0.1, 0.15) is 53.6 Å². The van der Waals surface area contributed by atoms with Crippen LogP contribution in [-0.4, -0.2) is 20.5 Å². The molecule has 26 heavy (non-hydrogen) atoms. The molecule has 2 aliphatic heterocycles. The van der Waals surface area contributed by atoms with Crippen molar-refractivity contribution in [3.05, 3.63) is 34.9 Å². The number of alkyl halides is 6. The van der Waals surface area contributed by atoms with Crippen LogP contribution in [0.25, 0.3) is 0 Å². The molecule has 0 radical (unpaired) electrons. The van der Waals surface area contributed by atoms with E-state index in [-0.39, 0.29) is 23.3 Å². The third-order valence-electron chi connectivity index (χ3n) is 5.10. The molecule has 2 atom stereocenters. The van der Waals surface area contributed by atoms with Crippen LogP contribution in [0, 0.1) is 5.92 Å². The molecule has 2 heterocycles. The van der Waals surface area contributed by atoms with Crippen molar-refractivity contribution < 1.29 is 35.3 Å². The summed E-state index contributed by atoms with van der Waals surface area (Å²) in [6.45, 7) is 0. The highest BCUT2D eigenvalue weighted by molar-refractivity contribution is 7.86. The van der Waals surface area contributed by atoms with Gasteiger partial charge in [-0.15, -0.1) is 0 Å². The molecule has 0 spiro atoms. The number of rotatable bonds is 2. The van der Waals surface area contributed by atoms with E-state index < -0.39 is 51.5 Å². The Hall–Kier alpha value is -1.38. The molecule has 2 unspecified atom stereocenters. The van der Waals surface area contributed by atoms with E-state index in [4.69, 9.17) is 0 Å². The van der Waals surface area contributed by atoms with E-state index in [0.29, 0.717) is 31.0 Å². The summed E-state index contributed by atoms with van der Waals surface area (Å²) in [4.78, 5) is 12.8. The van der Waals surface area contributed by atoms with E-state index >= 15 is 0 Å². The van der Waals surface area contributed by atoms with Crippen LogP contribution < -0.4 is 0 Å². The monoisotopic (exact) mass is 398 g/mol. The van der Waals surface area contributed by atoms with Crippen LogP contribution in [0.4, 0.5) is 26.3 Å². The van der Waals surface area contributed by atoms with Gasteiger partial charge in [0.25, 0.3) is 0 Å². The maximum Gasteiger partial charge on any atom is 0.417 e. The fourth-order valence-electron chi connectivity index (χ4n) is 3.94. The second-order valence-electron chi connectivity index (χ2n) is 6.76. The number of Topliss-reactive ketones (excluding diaryl/α,β-unsaturated/α-hetero) is 1. The van der Waals surface area contributed by atoms with Gasteiger partial charge in [-0.1, -0.05) is 12.5 Å². The Balaban J connectivity index is 2.05. The summed E-state index contributed by atoms with van der Waals surface area (Å²) < 4.78 is 91.8. The molecule has 0 amide bonds. The van der Waals surface area contributed by atoms with Crippen molar-refractivity contribution in [3.8, 4) is 0 Å². The van der Waals surface area contributed by atoms with Crippen LogP contribution in [0.2, 0.25) is 0 Å². The first-order valence-corrected chi connectivity index (χ1v) is 9.48. The number of fused-ring (bicyclic) bond motifs is 2. The first-order valence-electron chi connectivity index (χ1n) is 8.21. The Bertz CT molecular complexity index is 691. The lowest BCUT2D eigenvalue weighted by molar-refractivity contribution is -0.143. The highest BCUT2D eigenvalue weighted by Gasteiger charge is 2.46. The van der Waals surface area contributed by atoms with Crippen molar-refractivity contribution in [2.24, 2.45) is 5.92 Å². The second-order valence-corrected chi connectivity index (χ2v) is 8.75. The Morgan fingerprint density at radius 1 is 0.923 bits per heavy atom. The number of hydrogen-bond acceptors (Lipinski definition) is 2. The van der Waals surface area contributed by atoms with Crippen LogP contribution in [-0.2, 0) is 23.2 Å². The Morgan fingerprint density at radius 2 is 1.38 bits per heavy atom. The minimum atomic E-state index is -5.07. The summed E-state index contributed by atoms with van der Waals surface area (Å²) in [7, 11) is -1.17. The normalized spacial score (nSPS) is 29.5. The topological polar surface area (TPSA) is 34.1 Å². The molecule has 144 valence electrons. The predicted octanol–water partition coefficient (Wildman–Crippen LogP) is 4.99. The van der Waals surface area contributed by atoms with E-state index in [1.54, 1.807) is 0 Å². The number of halogens is 6. The minimum Gasteiger partial charge on any atom is -0.294 e. The minimum absolute atomic E-state index is 0.0748. The number of carbonyl (C=O) groups is 1. The lowest BCUT2D eigenvalue weighted by Crippen LogP contribution is -2.42. The van der Waals surface area contributed by atoms with E-state index in [1.165, 1.54) is 0 Å². The predicted molar refractivity (Wildman–Crippen MR) is 83.1 cm³/mol.